The van der Waals surface area contributed by atoms with Gasteiger partial charge in [0.2, 0.25) is 5.91 Å². The van der Waals surface area contributed by atoms with Crippen molar-refractivity contribution >= 4 is 17.7 Å². The van der Waals surface area contributed by atoms with Gasteiger partial charge < -0.3 is 15.4 Å². The van der Waals surface area contributed by atoms with Crippen molar-refractivity contribution in [3.63, 3.8) is 0 Å². The van der Waals surface area contributed by atoms with Gasteiger partial charge in [-0.15, -0.1) is 0 Å². The first-order valence-electron chi connectivity index (χ1n) is 8.80. The van der Waals surface area contributed by atoms with E-state index in [4.69, 9.17) is 4.74 Å². The molecule has 1 saturated heterocycles. The van der Waals surface area contributed by atoms with Gasteiger partial charge in [-0.2, -0.15) is 5.10 Å². The summed E-state index contributed by atoms with van der Waals surface area (Å²) in [6.07, 6.45) is 2.91. The van der Waals surface area contributed by atoms with E-state index in [2.05, 4.69) is 15.7 Å². The van der Waals surface area contributed by atoms with Crippen molar-refractivity contribution in [2.45, 2.75) is 71.3 Å². The molecule has 8 heteroatoms. The Morgan fingerprint density at radius 1 is 1.48 bits per heavy atom. The van der Waals surface area contributed by atoms with Gasteiger partial charge in [-0.25, -0.2) is 4.79 Å². The molecule has 0 bridgehead atoms. The van der Waals surface area contributed by atoms with Crippen LogP contribution in [0.3, 0.4) is 0 Å². The second-order valence-corrected chi connectivity index (χ2v) is 7.83. The van der Waals surface area contributed by atoms with Crippen LogP contribution in [0.15, 0.2) is 6.20 Å². The Hall–Kier alpha value is -2.25. The Morgan fingerprint density at radius 3 is 2.88 bits per heavy atom. The number of anilines is 1. The van der Waals surface area contributed by atoms with Gasteiger partial charge in [0.15, 0.2) is 0 Å². The molecular weight excluding hydrogens is 322 g/mol. The molecule has 1 unspecified atom stereocenters. The highest BCUT2D eigenvalue weighted by Gasteiger charge is 2.32. The summed E-state index contributed by atoms with van der Waals surface area (Å²) < 4.78 is 7.45. The van der Waals surface area contributed by atoms with E-state index in [9.17, 15) is 9.59 Å². The summed E-state index contributed by atoms with van der Waals surface area (Å²) in [5, 5.41) is 10.7. The van der Waals surface area contributed by atoms with Crippen LogP contribution >= 0.6 is 0 Å². The second-order valence-electron chi connectivity index (χ2n) is 7.83. The molecule has 0 saturated carbocycles. The lowest BCUT2D eigenvalue weighted by molar-refractivity contribution is -0.119. The number of hydrogen-bond donors (Lipinski definition) is 2. The second kappa shape index (κ2) is 6.57. The predicted octanol–water partition coefficient (Wildman–Crippen LogP) is 1.71. The van der Waals surface area contributed by atoms with E-state index in [1.165, 1.54) is 0 Å². The SMILES string of the molecule is C[C@H]1Cn2ncc(NCC3CCC(=O)N3)c2CN1C(=O)OC(C)(C)C. The minimum atomic E-state index is -0.518. The Bertz CT molecular complexity index is 664. The summed E-state index contributed by atoms with van der Waals surface area (Å²) in [5.74, 6) is 0.105. The van der Waals surface area contributed by atoms with Gasteiger partial charge >= 0.3 is 6.09 Å². The summed E-state index contributed by atoms with van der Waals surface area (Å²) in [6.45, 7) is 9.35. The number of fused-ring (bicyclic) bond motifs is 1. The van der Waals surface area contributed by atoms with Crippen LogP contribution in [0.2, 0.25) is 0 Å². The van der Waals surface area contributed by atoms with Gasteiger partial charge in [0.1, 0.15) is 5.60 Å². The van der Waals surface area contributed by atoms with Crippen molar-refractivity contribution in [1.82, 2.24) is 20.0 Å². The van der Waals surface area contributed by atoms with Gasteiger partial charge in [0, 0.05) is 19.0 Å². The maximum Gasteiger partial charge on any atom is 0.410 e. The van der Waals surface area contributed by atoms with E-state index in [0.717, 1.165) is 17.8 Å². The monoisotopic (exact) mass is 349 g/mol. The van der Waals surface area contributed by atoms with Crippen LogP contribution in [0, 0.1) is 0 Å². The highest BCUT2D eigenvalue weighted by molar-refractivity contribution is 5.78. The van der Waals surface area contributed by atoms with Gasteiger partial charge in [-0.3, -0.25) is 14.4 Å². The molecule has 1 aromatic heterocycles. The number of nitrogens with one attached hydrogen (secondary N) is 2. The van der Waals surface area contributed by atoms with Crippen LogP contribution in [-0.4, -0.2) is 50.9 Å². The number of aromatic nitrogens is 2. The lowest BCUT2D eigenvalue weighted by Crippen LogP contribution is -2.47. The molecular formula is C17H27N5O3. The zero-order valence-electron chi connectivity index (χ0n) is 15.3. The first-order chi connectivity index (χ1) is 11.7. The van der Waals surface area contributed by atoms with Crippen molar-refractivity contribution in [1.29, 1.82) is 0 Å². The molecule has 1 fully saturated rings. The van der Waals surface area contributed by atoms with Gasteiger partial charge in [-0.05, 0) is 34.1 Å². The topological polar surface area (TPSA) is 88.5 Å². The van der Waals surface area contributed by atoms with E-state index in [1.807, 2.05) is 32.4 Å². The number of rotatable bonds is 3. The largest absolute Gasteiger partial charge is 0.444 e. The molecule has 2 amide bonds. The number of carbonyl (C=O) groups excluding carboxylic acids is 2. The lowest BCUT2D eigenvalue weighted by atomic mass is 10.1. The quantitative estimate of drug-likeness (QED) is 0.867. The third-order valence-electron chi connectivity index (χ3n) is 4.49. The van der Waals surface area contributed by atoms with Gasteiger partial charge in [0.05, 0.1) is 36.7 Å². The molecule has 0 aromatic carbocycles. The molecule has 2 aliphatic rings. The smallest absolute Gasteiger partial charge is 0.410 e. The Labute approximate surface area is 147 Å². The van der Waals surface area contributed by atoms with E-state index >= 15 is 0 Å². The molecule has 3 heterocycles. The summed E-state index contributed by atoms with van der Waals surface area (Å²) in [6, 6.07) is 0.164. The number of nitrogens with zero attached hydrogens (tertiary/aromatic N) is 3. The predicted molar refractivity (Wildman–Crippen MR) is 93.1 cm³/mol. The van der Waals surface area contributed by atoms with Crippen molar-refractivity contribution in [3.8, 4) is 0 Å². The van der Waals surface area contributed by atoms with Gasteiger partial charge in [0.25, 0.3) is 0 Å². The van der Waals surface area contributed by atoms with Crippen LogP contribution in [0.4, 0.5) is 10.5 Å². The number of ether oxygens (including phenoxy) is 1. The molecule has 2 N–H and O–H groups in total. The third kappa shape index (κ3) is 4.05. The fraction of sp³-hybridized carbons (Fsp3) is 0.706. The summed E-state index contributed by atoms with van der Waals surface area (Å²) in [5.41, 5.74) is 1.35. The minimum Gasteiger partial charge on any atom is -0.444 e. The Kier molecular flexibility index (Phi) is 4.62. The van der Waals surface area contributed by atoms with Crippen LogP contribution < -0.4 is 10.6 Å². The van der Waals surface area contributed by atoms with Crippen LogP contribution in [0.1, 0.15) is 46.2 Å². The van der Waals surface area contributed by atoms with Crippen molar-refractivity contribution in [3.05, 3.63) is 11.9 Å². The molecule has 138 valence electrons. The standard InChI is InChI=1S/C17H27N5O3/c1-11-9-22-14(10-21(11)16(24)25-17(2,3)4)13(8-19-22)18-7-12-5-6-15(23)20-12/h8,11-12,18H,5-7,9-10H2,1-4H3,(H,20,23)/t11-,12?/m0/s1. The van der Waals surface area contributed by atoms with Crippen LogP contribution in [0.25, 0.3) is 0 Å². The molecule has 2 aliphatic heterocycles. The first-order valence-corrected chi connectivity index (χ1v) is 8.80. The zero-order valence-corrected chi connectivity index (χ0v) is 15.3. The molecule has 3 rings (SSSR count). The number of carbonyl (C=O) groups is 2. The maximum absolute atomic E-state index is 12.5. The molecule has 8 nitrogen and oxygen atoms in total. The number of hydrogen-bond acceptors (Lipinski definition) is 5. The molecule has 0 aliphatic carbocycles. The average Bonchev–Trinajstić information content (AvgIpc) is 3.08. The molecule has 0 spiro atoms. The van der Waals surface area contributed by atoms with Crippen LogP contribution in [-0.2, 0) is 22.6 Å². The van der Waals surface area contributed by atoms with Crippen molar-refractivity contribution in [2.75, 3.05) is 11.9 Å². The van der Waals surface area contributed by atoms with E-state index in [-0.39, 0.29) is 24.1 Å². The fourth-order valence-electron chi connectivity index (χ4n) is 3.18. The molecule has 1 aromatic rings. The highest BCUT2D eigenvalue weighted by atomic mass is 16.6. The first kappa shape index (κ1) is 17.6. The van der Waals surface area contributed by atoms with Gasteiger partial charge in [-0.1, -0.05) is 0 Å². The minimum absolute atomic E-state index is 0.0178. The van der Waals surface area contributed by atoms with E-state index in [0.29, 0.717) is 26.1 Å². The normalized spacial score (nSPS) is 23.2. The van der Waals surface area contributed by atoms with E-state index in [1.54, 1.807) is 11.1 Å². The van der Waals surface area contributed by atoms with Crippen molar-refractivity contribution in [2.24, 2.45) is 0 Å². The average molecular weight is 349 g/mol. The molecule has 0 radical (unpaired) electrons. The highest BCUT2D eigenvalue weighted by Crippen LogP contribution is 2.26. The Balaban J connectivity index is 1.67. The summed E-state index contributed by atoms with van der Waals surface area (Å²) >= 11 is 0. The summed E-state index contributed by atoms with van der Waals surface area (Å²) in [7, 11) is 0. The third-order valence-corrected chi connectivity index (χ3v) is 4.49. The molecule has 25 heavy (non-hydrogen) atoms. The lowest BCUT2D eigenvalue weighted by Gasteiger charge is -2.35. The Morgan fingerprint density at radius 2 is 2.24 bits per heavy atom. The van der Waals surface area contributed by atoms with Crippen LogP contribution in [0.5, 0.6) is 0 Å². The zero-order chi connectivity index (χ0) is 18.2. The van der Waals surface area contributed by atoms with Crippen molar-refractivity contribution < 1.29 is 14.3 Å². The molecule has 2 atom stereocenters. The van der Waals surface area contributed by atoms with E-state index < -0.39 is 5.60 Å². The summed E-state index contributed by atoms with van der Waals surface area (Å²) in [4.78, 5) is 25.5. The fourth-order valence-corrected chi connectivity index (χ4v) is 3.18. The number of amides is 2. The maximum atomic E-state index is 12.5.